The lowest BCUT2D eigenvalue weighted by atomic mass is 10.2. The van der Waals surface area contributed by atoms with Crippen LogP contribution in [0.3, 0.4) is 0 Å². The molecule has 0 bridgehead atoms. The number of guanidine groups is 1. The molecular formula is C16H24N4O4. The van der Waals surface area contributed by atoms with Crippen molar-refractivity contribution in [3.63, 3.8) is 0 Å². The molecule has 0 aliphatic heterocycles. The van der Waals surface area contributed by atoms with Crippen molar-refractivity contribution in [3.8, 4) is 0 Å². The highest BCUT2D eigenvalue weighted by Gasteiger charge is 2.18. The third-order valence-electron chi connectivity index (χ3n) is 2.52. The second-order valence-corrected chi connectivity index (χ2v) is 6.43. The lowest BCUT2D eigenvalue weighted by Crippen LogP contribution is -2.40. The van der Waals surface area contributed by atoms with Crippen LogP contribution in [0.5, 0.6) is 0 Å². The topological polar surface area (TPSA) is 103 Å². The maximum Gasteiger partial charge on any atom is 0.434 e. The molecule has 0 saturated carbocycles. The Kier molecular flexibility index (Phi) is 6.72. The summed E-state index contributed by atoms with van der Waals surface area (Å²) in [7, 11) is 3.89. The van der Waals surface area contributed by atoms with Gasteiger partial charge in [0.1, 0.15) is 5.60 Å². The molecule has 0 fully saturated rings. The van der Waals surface area contributed by atoms with Gasteiger partial charge in [-0.2, -0.15) is 0 Å². The molecule has 0 heterocycles. The predicted octanol–water partition coefficient (Wildman–Crippen LogP) is 2.72. The van der Waals surface area contributed by atoms with Crippen LogP contribution in [0.15, 0.2) is 29.3 Å². The van der Waals surface area contributed by atoms with Crippen molar-refractivity contribution >= 4 is 23.8 Å². The lowest BCUT2D eigenvalue weighted by molar-refractivity contribution is 0.0563. The number of hydrogen-bond donors (Lipinski definition) is 3. The van der Waals surface area contributed by atoms with E-state index in [0.717, 1.165) is 12.1 Å². The smallest absolute Gasteiger partial charge is 0.434 e. The summed E-state index contributed by atoms with van der Waals surface area (Å²) < 4.78 is 5.09. The SMILES string of the molecule is CN(C)Cc1cccc(N/C(=N\C(=O)O)NC(=O)OC(C)(C)C)c1. The van der Waals surface area contributed by atoms with E-state index in [0.29, 0.717) is 5.69 Å². The van der Waals surface area contributed by atoms with Crippen LogP contribution < -0.4 is 10.6 Å². The highest BCUT2D eigenvalue weighted by Crippen LogP contribution is 2.12. The summed E-state index contributed by atoms with van der Waals surface area (Å²) in [6.07, 6.45) is -2.22. The van der Waals surface area contributed by atoms with Crippen molar-refractivity contribution in [1.29, 1.82) is 0 Å². The highest BCUT2D eigenvalue weighted by atomic mass is 16.6. The summed E-state index contributed by atoms with van der Waals surface area (Å²) in [5, 5.41) is 13.9. The van der Waals surface area contributed by atoms with Crippen LogP contribution in [0.2, 0.25) is 0 Å². The first-order chi connectivity index (χ1) is 11.0. The van der Waals surface area contributed by atoms with E-state index in [1.807, 2.05) is 37.2 Å². The molecule has 0 radical (unpaired) electrons. The molecule has 1 aromatic carbocycles. The highest BCUT2D eigenvalue weighted by molar-refractivity contribution is 6.05. The van der Waals surface area contributed by atoms with Crippen molar-refractivity contribution in [2.45, 2.75) is 32.9 Å². The van der Waals surface area contributed by atoms with Gasteiger partial charge in [-0.1, -0.05) is 12.1 Å². The molecule has 132 valence electrons. The van der Waals surface area contributed by atoms with E-state index >= 15 is 0 Å². The number of aliphatic imine (C=N–C) groups is 1. The van der Waals surface area contributed by atoms with Crippen LogP contribution in [-0.2, 0) is 11.3 Å². The maximum atomic E-state index is 11.8. The fraction of sp³-hybridized carbons (Fsp3) is 0.438. The van der Waals surface area contributed by atoms with Gasteiger partial charge in [-0.3, -0.25) is 5.32 Å². The fourth-order valence-electron chi connectivity index (χ4n) is 1.83. The first-order valence-electron chi connectivity index (χ1n) is 7.37. The molecular weight excluding hydrogens is 312 g/mol. The molecule has 0 aliphatic carbocycles. The molecule has 3 N–H and O–H groups in total. The molecule has 24 heavy (non-hydrogen) atoms. The number of alkyl carbamates (subject to hydrolysis) is 1. The monoisotopic (exact) mass is 336 g/mol. The van der Waals surface area contributed by atoms with Crippen molar-refractivity contribution in [3.05, 3.63) is 29.8 Å². The van der Waals surface area contributed by atoms with Crippen LogP contribution in [0.4, 0.5) is 15.3 Å². The number of rotatable bonds is 3. The van der Waals surface area contributed by atoms with Gasteiger partial charge in [0.2, 0.25) is 5.96 Å². The number of benzene rings is 1. The van der Waals surface area contributed by atoms with Crippen LogP contribution in [0.1, 0.15) is 26.3 Å². The number of nitrogens with one attached hydrogen (secondary N) is 2. The van der Waals surface area contributed by atoms with Gasteiger partial charge < -0.3 is 20.1 Å². The van der Waals surface area contributed by atoms with Crippen molar-refractivity contribution in [2.24, 2.45) is 4.99 Å². The fourth-order valence-corrected chi connectivity index (χ4v) is 1.83. The molecule has 0 aromatic heterocycles. The number of ether oxygens (including phenoxy) is 1. The van der Waals surface area contributed by atoms with Crippen LogP contribution in [0.25, 0.3) is 0 Å². The molecule has 0 aliphatic rings. The van der Waals surface area contributed by atoms with Crippen molar-refractivity contribution < 1.29 is 19.4 Å². The minimum Gasteiger partial charge on any atom is -0.463 e. The third kappa shape index (κ3) is 8.14. The molecule has 0 saturated heterocycles. The van der Waals surface area contributed by atoms with Crippen molar-refractivity contribution in [1.82, 2.24) is 10.2 Å². The zero-order chi connectivity index (χ0) is 18.3. The molecule has 1 aromatic rings. The number of nitrogens with zero attached hydrogens (tertiary/aromatic N) is 2. The number of carboxylic acid groups (broad SMARTS) is 1. The van der Waals surface area contributed by atoms with E-state index < -0.39 is 17.8 Å². The van der Waals surface area contributed by atoms with Gasteiger partial charge in [0.25, 0.3) is 0 Å². The Morgan fingerprint density at radius 1 is 1.29 bits per heavy atom. The normalized spacial score (nSPS) is 12.0. The summed E-state index contributed by atoms with van der Waals surface area (Å²) >= 11 is 0. The third-order valence-corrected chi connectivity index (χ3v) is 2.52. The molecule has 0 atom stereocenters. The Morgan fingerprint density at radius 3 is 2.50 bits per heavy atom. The number of carbonyl (C=O) groups excluding carboxylic acids is 1. The van der Waals surface area contributed by atoms with Gasteiger partial charge in [-0.25, -0.2) is 9.59 Å². The van der Waals surface area contributed by atoms with Gasteiger partial charge in [0.15, 0.2) is 0 Å². The molecule has 8 nitrogen and oxygen atoms in total. The Labute approximate surface area is 141 Å². The average Bonchev–Trinajstić information content (AvgIpc) is 2.34. The standard InChI is InChI=1S/C16H24N4O4/c1-16(2,3)24-15(23)19-13(18-14(21)22)17-12-8-6-7-11(9-12)10-20(4)5/h6-9H,10H2,1-5H3,(H,21,22)(H2,17,18,19,23). The summed E-state index contributed by atoms with van der Waals surface area (Å²) in [6.45, 7) is 5.84. The molecule has 8 heteroatoms. The Hall–Kier alpha value is -2.61. The van der Waals surface area contributed by atoms with E-state index in [9.17, 15) is 9.59 Å². The second kappa shape index (κ2) is 8.30. The first kappa shape index (κ1) is 19.4. The Bertz CT molecular complexity index is 621. The lowest BCUT2D eigenvalue weighted by Gasteiger charge is -2.20. The van der Waals surface area contributed by atoms with E-state index in [2.05, 4.69) is 15.6 Å². The van der Waals surface area contributed by atoms with Gasteiger partial charge in [0, 0.05) is 12.2 Å². The molecule has 2 amide bonds. The zero-order valence-corrected chi connectivity index (χ0v) is 14.6. The maximum absolute atomic E-state index is 11.8. The van der Waals surface area contributed by atoms with E-state index in [-0.39, 0.29) is 5.96 Å². The van der Waals surface area contributed by atoms with Crippen LogP contribution in [0, 0.1) is 0 Å². The first-order valence-corrected chi connectivity index (χ1v) is 7.37. The summed E-state index contributed by atoms with van der Waals surface area (Å²) in [5.41, 5.74) is 0.923. The largest absolute Gasteiger partial charge is 0.463 e. The zero-order valence-electron chi connectivity index (χ0n) is 14.6. The number of anilines is 1. The van der Waals surface area contributed by atoms with E-state index in [1.165, 1.54) is 0 Å². The van der Waals surface area contributed by atoms with E-state index in [1.54, 1.807) is 26.8 Å². The summed E-state index contributed by atoms with van der Waals surface area (Å²) in [6, 6.07) is 7.36. The Balaban J connectivity index is 2.87. The summed E-state index contributed by atoms with van der Waals surface area (Å²) in [5.74, 6) is -0.223. The van der Waals surface area contributed by atoms with E-state index in [4.69, 9.17) is 9.84 Å². The number of amides is 2. The summed E-state index contributed by atoms with van der Waals surface area (Å²) in [4.78, 5) is 28.0. The minimum absolute atomic E-state index is 0.223. The molecule has 0 unspecified atom stereocenters. The average molecular weight is 336 g/mol. The quantitative estimate of drug-likeness (QED) is 0.579. The van der Waals surface area contributed by atoms with Gasteiger partial charge in [-0.15, -0.1) is 4.99 Å². The van der Waals surface area contributed by atoms with Gasteiger partial charge in [0.05, 0.1) is 0 Å². The van der Waals surface area contributed by atoms with Crippen LogP contribution in [-0.4, -0.2) is 47.8 Å². The Morgan fingerprint density at radius 2 is 1.96 bits per heavy atom. The molecule has 0 spiro atoms. The number of carbonyl (C=O) groups is 2. The molecule has 1 rings (SSSR count). The number of hydrogen-bond acceptors (Lipinski definition) is 4. The second-order valence-electron chi connectivity index (χ2n) is 6.43. The van der Waals surface area contributed by atoms with Gasteiger partial charge >= 0.3 is 12.2 Å². The van der Waals surface area contributed by atoms with Crippen LogP contribution >= 0.6 is 0 Å². The van der Waals surface area contributed by atoms with Crippen molar-refractivity contribution in [2.75, 3.05) is 19.4 Å². The van der Waals surface area contributed by atoms with Gasteiger partial charge in [-0.05, 0) is 52.6 Å². The minimum atomic E-state index is -1.43. The predicted molar refractivity (Wildman–Crippen MR) is 92.3 cm³/mol.